The molecule has 3 nitrogen and oxygen atoms in total. The molecular weight excluding hydrogens is 423 g/mol. The van der Waals surface area contributed by atoms with E-state index in [9.17, 15) is 8.42 Å². The summed E-state index contributed by atoms with van der Waals surface area (Å²) in [5.41, 5.74) is 0.838. The lowest BCUT2D eigenvalue weighted by molar-refractivity contribution is 0.484. The summed E-state index contributed by atoms with van der Waals surface area (Å²) in [5, 5.41) is 0.666. The maximum Gasteiger partial charge on any atom is 0.339 e. The SMILES string of the molecule is CC(C)(C)c1cc(Cl)c(OS(=O)(=O)c2ccc(Cl)cc2)c(Br)c1. The highest BCUT2D eigenvalue weighted by atomic mass is 79.9. The molecule has 0 unspecified atom stereocenters. The smallest absolute Gasteiger partial charge is 0.339 e. The fraction of sp³-hybridized carbons (Fsp3) is 0.250. The van der Waals surface area contributed by atoms with E-state index in [2.05, 4.69) is 15.9 Å². The number of benzene rings is 2. The van der Waals surface area contributed by atoms with E-state index in [0.717, 1.165) is 5.56 Å². The molecular formula is C16H15BrCl2O3S. The van der Waals surface area contributed by atoms with Crippen LogP contribution in [0.1, 0.15) is 26.3 Å². The van der Waals surface area contributed by atoms with Gasteiger partial charge in [0, 0.05) is 5.02 Å². The van der Waals surface area contributed by atoms with Crippen LogP contribution in [0.3, 0.4) is 0 Å². The van der Waals surface area contributed by atoms with Crippen LogP contribution in [0, 0.1) is 0 Å². The molecule has 124 valence electrons. The molecule has 0 saturated carbocycles. The summed E-state index contributed by atoms with van der Waals surface area (Å²) in [6, 6.07) is 9.23. The minimum Gasteiger partial charge on any atom is -0.376 e. The van der Waals surface area contributed by atoms with Gasteiger partial charge in [-0.05, 0) is 63.3 Å². The predicted octanol–water partition coefficient (Wildman–Crippen LogP) is 5.82. The van der Waals surface area contributed by atoms with Crippen molar-refractivity contribution in [3.8, 4) is 5.75 Å². The van der Waals surface area contributed by atoms with E-state index < -0.39 is 10.1 Å². The Morgan fingerprint density at radius 1 is 1.04 bits per heavy atom. The maximum absolute atomic E-state index is 12.4. The number of hydrogen-bond donors (Lipinski definition) is 0. The van der Waals surface area contributed by atoms with Crippen molar-refractivity contribution in [1.29, 1.82) is 0 Å². The second-order valence-corrected chi connectivity index (χ2v) is 9.25. The van der Waals surface area contributed by atoms with E-state index in [1.54, 1.807) is 12.1 Å². The van der Waals surface area contributed by atoms with Crippen LogP contribution in [0.4, 0.5) is 0 Å². The normalized spacial score (nSPS) is 12.3. The Hall–Kier alpha value is -0.750. The summed E-state index contributed by atoms with van der Waals surface area (Å²) in [4.78, 5) is 0.00441. The van der Waals surface area contributed by atoms with Gasteiger partial charge < -0.3 is 4.18 Å². The van der Waals surface area contributed by atoms with Crippen LogP contribution in [0.15, 0.2) is 45.8 Å². The molecule has 0 saturated heterocycles. The molecule has 7 heteroatoms. The first-order valence-electron chi connectivity index (χ1n) is 6.70. The van der Waals surface area contributed by atoms with E-state index in [4.69, 9.17) is 27.4 Å². The number of halogens is 3. The summed E-state index contributed by atoms with van der Waals surface area (Å²) in [5.74, 6) is 0.0645. The van der Waals surface area contributed by atoms with Crippen molar-refractivity contribution in [1.82, 2.24) is 0 Å². The molecule has 0 atom stereocenters. The Kier molecular flexibility index (Phi) is 5.36. The summed E-state index contributed by atoms with van der Waals surface area (Å²) in [6.45, 7) is 6.11. The average Bonchev–Trinajstić information content (AvgIpc) is 2.42. The zero-order chi connectivity index (χ0) is 17.4. The summed E-state index contributed by atoms with van der Waals surface area (Å²) >= 11 is 15.3. The van der Waals surface area contributed by atoms with Gasteiger partial charge in [0.25, 0.3) is 0 Å². The molecule has 0 heterocycles. The fourth-order valence-corrected chi connectivity index (χ4v) is 3.99. The van der Waals surface area contributed by atoms with Crippen molar-refractivity contribution >= 4 is 49.2 Å². The highest BCUT2D eigenvalue weighted by Crippen LogP contribution is 2.39. The third-order valence-electron chi connectivity index (χ3n) is 3.16. The molecule has 0 radical (unpaired) electrons. The van der Waals surface area contributed by atoms with Gasteiger partial charge in [-0.1, -0.05) is 44.0 Å². The van der Waals surface area contributed by atoms with Crippen LogP contribution in [0.5, 0.6) is 5.75 Å². The summed E-state index contributed by atoms with van der Waals surface area (Å²) in [7, 11) is -4.00. The summed E-state index contributed by atoms with van der Waals surface area (Å²) < 4.78 is 30.4. The topological polar surface area (TPSA) is 43.4 Å². The van der Waals surface area contributed by atoms with Gasteiger partial charge in [-0.3, -0.25) is 0 Å². The zero-order valence-corrected chi connectivity index (χ0v) is 16.6. The van der Waals surface area contributed by atoms with Gasteiger partial charge in [-0.25, -0.2) is 0 Å². The van der Waals surface area contributed by atoms with Crippen LogP contribution in [-0.2, 0) is 15.5 Å². The third-order valence-corrected chi connectivity index (χ3v) is 5.52. The minimum atomic E-state index is -4.00. The predicted molar refractivity (Wildman–Crippen MR) is 97.1 cm³/mol. The molecule has 0 amide bonds. The van der Waals surface area contributed by atoms with Crippen molar-refractivity contribution in [3.05, 3.63) is 56.5 Å². The molecule has 0 aliphatic heterocycles. The third kappa shape index (κ3) is 4.41. The molecule has 0 aliphatic carbocycles. The zero-order valence-electron chi connectivity index (χ0n) is 12.7. The highest BCUT2D eigenvalue weighted by molar-refractivity contribution is 9.10. The average molecular weight is 438 g/mol. The standard InChI is InChI=1S/C16H15BrCl2O3S/c1-16(2,3)10-8-13(17)15(14(19)9-10)22-23(20,21)12-6-4-11(18)5-7-12/h4-9H,1-3H3. The Labute approximate surface area is 154 Å². The first-order valence-corrected chi connectivity index (χ1v) is 9.66. The lowest BCUT2D eigenvalue weighted by Gasteiger charge is -2.21. The highest BCUT2D eigenvalue weighted by Gasteiger charge is 2.23. The van der Waals surface area contributed by atoms with Crippen LogP contribution < -0.4 is 4.18 Å². The van der Waals surface area contributed by atoms with Gasteiger partial charge in [-0.15, -0.1) is 0 Å². The van der Waals surface area contributed by atoms with Crippen molar-refractivity contribution in [2.75, 3.05) is 0 Å². The molecule has 0 aromatic heterocycles. The Balaban J connectivity index is 2.42. The van der Waals surface area contributed by atoms with Gasteiger partial charge in [0.15, 0.2) is 5.75 Å². The van der Waals surface area contributed by atoms with Crippen molar-refractivity contribution in [3.63, 3.8) is 0 Å². The molecule has 2 aromatic rings. The van der Waals surface area contributed by atoms with Crippen molar-refractivity contribution < 1.29 is 12.6 Å². The van der Waals surface area contributed by atoms with Crippen LogP contribution >= 0.6 is 39.1 Å². The monoisotopic (exact) mass is 436 g/mol. The first-order chi connectivity index (χ1) is 10.5. The van der Waals surface area contributed by atoms with Crippen LogP contribution in [0.25, 0.3) is 0 Å². The molecule has 0 N–H and O–H groups in total. The Bertz CT molecular complexity index is 802. The van der Waals surface area contributed by atoms with Gasteiger partial charge in [0.1, 0.15) is 4.90 Å². The fourth-order valence-electron chi connectivity index (χ4n) is 1.83. The maximum atomic E-state index is 12.4. The van der Waals surface area contributed by atoms with Gasteiger partial charge in [-0.2, -0.15) is 8.42 Å². The number of hydrogen-bond acceptors (Lipinski definition) is 3. The molecule has 0 fully saturated rings. The van der Waals surface area contributed by atoms with Crippen molar-refractivity contribution in [2.24, 2.45) is 0 Å². The number of rotatable bonds is 3. The summed E-state index contributed by atoms with van der Waals surface area (Å²) in [6.07, 6.45) is 0. The lowest BCUT2D eigenvalue weighted by atomic mass is 9.87. The van der Waals surface area contributed by atoms with Gasteiger partial charge >= 0.3 is 10.1 Å². The van der Waals surface area contributed by atoms with E-state index in [1.807, 2.05) is 20.8 Å². The van der Waals surface area contributed by atoms with E-state index in [1.165, 1.54) is 24.3 Å². The Morgan fingerprint density at radius 2 is 1.61 bits per heavy atom. The Morgan fingerprint density at radius 3 is 2.09 bits per heavy atom. The molecule has 2 rings (SSSR count). The largest absolute Gasteiger partial charge is 0.376 e. The second-order valence-electron chi connectivity index (χ2n) is 6.01. The van der Waals surface area contributed by atoms with E-state index in [-0.39, 0.29) is 21.1 Å². The molecule has 0 spiro atoms. The van der Waals surface area contributed by atoms with Gasteiger partial charge in [0.05, 0.1) is 9.50 Å². The van der Waals surface area contributed by atoms with E-state index >= 15 is 0 Å². The minimum absolute atomic E-state index is 0.00441. The second kappa shape index (κ2) is 6.63. The molecule has 0 bridgehead atoms. The molecule has 2 aromatic carbocycles. The van der Waals surface area contributed by atoms with E-state index in [0.29, 0.717) is 9.50 Å². The van der Waals surface area contributed by atoms with Crippen LogP contribution in [-0.4, -0.2) is 8.42 Å². The quantitative estimate of drug-likeness (QED) is 0.568. The molecule has 23 heavy (non-hydrogen) atoms. The molecule has 0 aliphatic rings. The van der Waals surface area contributed by atoms with Gasteiger partial charge in [0.2, 0.25) is 0 Å². The van der Waals surface area contributed by atoms with Crippen LogP contribution in [0.2, 0.25) is 10.0 Å². The lowest BCUT2D eigenvalue weighted by Crippen LogP contribution is -2.13. The first kappa shape index (κ1) is 18.6. The van der Waals surface area contributed by atoms with Crippen molar-refractivity contribution in [2.45, 2.75) is 31.1 Å².